The molecule has 0 saturated carbocycles. The Labute approximate surface area is 128 Å². The lowest BCUT2D eigenvalue weighted by Gasteiger charge is -2.35. The van der Waals surface area contributed by atoms with Crippen molar-refractivity contribution in [1.29, 1.82) is 5.26 Å². The minimum Gasteiger partial charge on any atom is -0.368 e. The van der Waals surface area contributed by atoms with Gasteiger partial charge in [-0.05, 0) is 31.0 Å². The van der Waals surface area contributed by atoms with E-state index in [4.69, 9.17) is 28.5 Å². The second kappa shape index (κ2) is 6.83. The van der Waals surface area contributed by atoms with E-state index in [1.54, 1.807) is 12.1 Å². The first-order valence-electron chi connectivity index (χ1n) is 6.46. The van der Waals surface area contributed by atoms with E-state index in [0.29, 0.717) is 16.6 Å². The lowest BCUT2D eigenvalue weighted by Crippen LogP contribution is -2.47. The first-order chi connectivity index (χ1) is 9.60. The summed E-state index contributed by atoms with van der Waals surface area (Å²) in [5, 5.41) is 12.6. The van der Waals surface area contributed by atoms with Crippen molar-refractivity contribution in [2.24, 2.45) is 0 Å². The van der Waals surface area contributed by atoms with E-state index in [0.717, 1.165) is 25.1 Å². The van der Waals surface area contributed by atoms with E-state index in [-0.39, 0.29) is 18.4 Å². The van der Waals surface area contributed by atoms with Gasteiger partial charge in [-0.3, -0.25) is 4.79 Å². The quantitative estimate of drug-likeness (QED) is 0.933. The van der Waals surface area contributed by atoms with Gasteiger partial charge in [-0.1, -0.05) is 23.2 Å². The van der Waals surface area contributed by atoms with Gasteiger partial charge in [0, 0.05) is 24.2 Å². The molecule has 106 valence electrons. The lowest BCUT2D eigenvalue weighted by molar-refractivity contribution is -0.120. The molecule has 1 aromatic carbocycles. The molecule has 1 saturated heterocycles. The molecule has 1 aromatic rings. The summed E-state index contributed by atoms with van der Waals surface area (Å²) >= 11 is 12.1. The summed E-state index contributed by atoms with van der Waals surface area (Å²) in [5.41, 5.74) is 0.926. The Bertz CT molecular complexity index is 542. The average Bonchev–Trinajstić information content (AvgIpc) is 2.39. The average molecular weight is 312 g/mol. The summed E-state index contributed by atoms with van der Waals surface area (Å²) in [6.07, 6.45) is 1.79. The van der Waals surface area contributed by atoms with E-state index in [1.165, 1.54) is 0 Å². The third kappa shape index (κ3) is 3.78. The fourth-order valence-electron chi connectivity index (χ4n) is 2.40. The third-order valence-corrected chi connectivity index (χ3v) is 3.81. The Balaban J connectivity index is 2.03. The van der Waals surface area contributed by atoms with Crippen LogP contribution in [0.1, 0.15) is 19.3 Å². The van der Waals surface area contributed by atoms with Crippen LogP contribution in [0.4, 0.5) is 5.69 Å². The number of nitrogens with zero attached hydrogens (tertiary/aromatic N) is 2. The highest BCUT2D eigenvalue weighted by Gasteiger charge is 2.22. The zero-order chi connectivity index (χ0) is 14.5. The predicted octanol–water partition coefficient (Wildman–Crippen LogP) is 2.99. The predicted molar refractivity (Wildman–Crippen MR) is 80.1 cm³/mol. The van der Waals surface area contributed by atoms with Gasteiger partial charge in [-0.2, -0.15) is 5.26 Å². The fourth-order valence-corrected chi connectivity index (χ4v) is 2.93. The summed E-state index contributed by atoms with van der Waals surface area (Å²) in [7, 11) is 0. The van der Waals surface area contributed by atoms with Gasteiger partial charge in [0.1, 0.15) is 6.42 Å². The summed E-state index contributed by atoms with van der Waals surface area (Å²) in [6, 6.07) is 7.32. The van der Waals surface area contributed by atoms with Crippen LogP contribution < -0.4 is 10.2 Å². The molecule has 0 aliphatic carbocycles. The van der Waals surface area contributed by atoms with Crippen LogP contribution in [0.15, 0.2) is 18.2 Å². The summed E-state index contributed by atoms with van der Waals surface area (Å²) in [5.74, 6) is -0.221. The molecule has 2 rings (SSSR count). The first-order valence-corrected chi connectivity index (χ1v) is 7.22. The minimum atomic E-state index is -0.221. The normalized spacial score (nSPS) is 18.4. The van der Waals surface area contributed by atoms with E-state index in [1.807, 2.05) is 12.1 Å². The molecule has 0 bridgehead atoms. The van der Waals surface area contributed by atoms with E-state index in [2.05, 4.69) is 10.2 Å². The monoisotopic (exact) mass is 311 g/mol. The van der Waals surface area contributed by atoms with Gasteiger partial charge in [0.2, 0.25) is 5.91 Å². The van der Waals surface area contributed by atoms with E-state index < -0.39 is 0 Å². The van der Waals surface area contributed by atoms with Gasteiger partial charge < -0.3 is 10.2 Å². The van der Waals surface area contributed by atoms with Crippen LogP contribution in [-0.4, -0.2) is 25.0 Å². The van der Waals surface area contributed by atoms with Gasteiger partial charge in [-0.25, -0.2) is 0 Å². The first kappa shape index (κ1) is 15.0. The van der Waals surface area contributed by atoms with Crippen LogP contribution in [0.3, 0.4) is 0 Å². The molecule has 1 fully saturated rings. The largest absolute Gasteiger partial charge is 0.368 e. The minimum absolute atomic E-state index is 0.0522. The number of piperidine rings is 1. The second-order valence-corrected chi connectivity index (χ2v) is 5.63. The maximum Gasteiger partial charge on any atom is 0.234 e. The Morgan fingerprint density at radius 1 is 1.50 bits per heavy atom. The third-order valence-electron chi connectivity index (χ3n) is 3.28. The van der Waals surface area contributed by atoms with Gasteiger partial charge in [-0.15, -0.1) is 0 Å². The maximum atomic E-state index is 11.5. The molecule has 1 heterocycles. The van der Waals surface area contributed by atoms with Gasteiger partial charge in [0.15, 0.2) is 0 Å². The van der Waals surface area contributed by atoms with Crippen LogP contribution in [0, 0.1) is 11.3 Å². The number of carbonyl (C=O) groups excluding carboxylic acids is 1. The Hall–Kier alpha value is -1.44. The molecule has 1 unspecified atom stereocenters. The van der Waals surface area contributed by atoms with Gasteiger partial charge in [0.25, 0.3) is 0 Å². The highest BCUT2D eigenvalue weighted by atomic mass is 35.5. The number of hydrogen-bond donors (Lipinski definition) is 1. The van der Waals surface area contributed by atoms with Crippen molar-refractivity contribution in [2.75, 3.05) is 18.0 Å². The number of nitriles is 1. The molecule has 1 atom stereocenters. The molecular formula is C14H15Cl2N3O. The zero-order valence-corrected chi connectivity index (χ0v) is 12.4. The van der Waals surface area contributed by atoms with E-state index >= 15 is 0 Å². The molecule has 1 amide bonds. The van der Waals surface area contributed by atoms with Crippen LogP contribution >= 0.6 is 23.2 Å². The number of anilines is 1. The molecule has 0 aromatic heterocycles. The van der Waals surface area contributed by atoms with Gasteiger partial charge >= 0.3 is 0 Å². The zero-order valence-electron chi connectivity index (χ0n) is 10.9. The molecule has 1 N–H and O–H groups in total. The molecule has 1 aliphatic rings. The number of nitrogens with one attached hydrogen (secondary N) is 1. The standard InChI is InChI=1S/C14H15Cl2N3O/c15-10-3-4-13(12(16)8-10)19-7-1-2-11(9-19)18-14(20)5-6-17/h3-4,8,11H,1-2,5,7,9H2,(H,18,20). The van der Waals surface area contributed by atoms with Crippen molar-refractivity contribution in [3.63, 3.8) is 0 Å². The fraction of sp³-hybridized carbons (Fsp3) is 0.429. The molecule has 20 heavy (non-hydrogen) atoms. The number of amides is 1. The van der Waals surface area contributed by atoms with Crippen LogP contribution in [0.5, 0.6) is 0 Å². The number of carbonyl (C=O) groups is 1. The SMILES string of the molecule is N#CCC(=O)NC1CCCN(c2ccc(Cl)cc2Cl)C1. The van der Waals surface area contributed by atoms with Crippen molar-refractivity contribution >= 4 is 34.8 Å². The van der Waals surface area contributed by atoms with Crippen LogP contribution in [0.25, 0.3) is 0 Å². The summed E-state index contributed by atoms with van der Waals surface area (Å²) < 4.78 is 0. The molecular weight excluding hydrogens is 297 g/mol. The second-order valence-electron chi connectivity index (χ2n) is 4.78. The van der Waals surface area contributed by atoms with Crippen molar-refractivity contribution in [3.05, 3.63) is 28.2 Å². The number of hydrogen-bond acceptors (Lipinski definition) is 3. The van der Waals surface area contributed by atoms with Crippen LogP contribution in [0.2, 0.25) is 10.0 Å². The molecule has 0 radical (unpaired) electrons. The van der Waals surface area contributed by atoms with Crippen molar-refractivity contribution in [1.82, 2.24) is 5.32 Å². The topological polar surface area (TPSA) is 56.1 Å². The summed E-state index contributed by atoms with van der Waals surface area (Å²) in [6.45, 7) is 1.59. The highest BCUT2D eigenvalue weighted by Crippen LogP contribution is 2.30. The molecule has 4 nitrogen and oxygen atoms in total. The highest BCUT2D eigenvalue weighted by molar-refractivity contribution is 6.36. The summed E-state index contributed by atoms with van der Waals surface area (Å²) in [4.78, 5) is 13.6. The van der Waals surface area contributed by atoms with Crippen molar-refractivity contribution < 1.29 is 4.79 Å². The molecule has 1 aliphatic heterocycles. The smallest absolute Gasteiger partial charge is 0.234 e. The van der Waals surface area contributed by atoms with Gasteiger partial charge in [0.05, 0.1) is 16.8 Å². The number of halogens is 2. The molecule has 0 spiro atoms. The Kier molecular flexibility index (Phi) is 5.11. The van der Waals surface area contributed by atoms with Crippen molar-refractivity contribution in [2.45, 2.75) is 25.3 Å². The number of rotatable bonds is 3. The van der Waals surface area contributed by atoms with E-state index in [9.17, 15) is 4.79 Å². The van der Waals surface area contributed by atoms with Crippen LogP contribution in [-0.2, 0) is 4.79 Å². The number of benzene rings is 1. The maximum absolute atomic E-state index is 11.5. The lowest BCUT2D eigenvalue weighted by atomic mass is 10.0. The Morgan fingerprint density at radius 3 is 3.00 bits per heavy atom. The van der Waals surface area contributed by atoms with Crippen molar-refractivity contribution in [3.8, 4) is 6.07 Å². The molecule has 6 heteroatoms. The Morgan fingerprint density at radius 2 is 2.30 bits per heavy atom.